The molecule has 98 valence electrons. The summed E-state index contributed by atoms with van der Waals surface area (Å²) in [5.74, 6) is 1.26. The number of nitrogens with one attached hydrogen (secondary N) is 1. The van der Waals surface area contributed by atoms with E-state index in [4.69, 9.17) is 15.2 Å². The molecule has 0 aliphatic carbocycles. The topological polar surface area (TPSA) is 56.5 Å². The van der Waals surface area contributed by atoms with E-state index < -0.39 is 0 Å². The molecule has 0 radical (unpaired) electrons. The third-order valence-corrected chi connectivity index (χ3v) is 2.63. The number of ether oxygens (including phenoxy) is 2. The molecule has 0 aromatic carbocycles. The van der Waals surface area contributed by atoms with Crippen molar-refractivity contribution in [2.45, 2.75) is 26.4 Å². The van der Waals surface area contributed by atoms with E-state index in [1.54, 1.807) is 14.2 Å². The summed E-state index contributed by atoms with van der Waals surface area (Å²) in [7, 11) is 3.40. The highest BCUT2D eigenvalue weighted by molar-refractivity contribution is 4.67. The van der Waals surface area contributed by atoms with Crippen LogP contribution in [0.2, 0.25) is 0 Å². The standard InChI is InChI=1S/C12H28N2O2/c1-10(2)5-11(6-13)7-14-8-12(16-4)9-15-3/h10-12,14H,5-9,13H2,1-4H3. The average Bonchev–Trinajstić information content (AvgIpc) is 2.25. The fraction of sp³-hybridized carbons (Fsp3) is 1.00. The first kappa shape index (κ1) is 15.8. The summed E-state index contributed by atoms with van der Waals surface area (Å²) < 4.78 is 10.3. The smallest absolute Gasteiger partial charge is 0.0928 e. The molecule has 0 aromatic heterocycles. The van der Waals surface area contributed by atoms with Gasteiger partial charge < -0.3 is 20.5 Å². The van der Waals surface area contributed by atoms with Crippen LogP contribution in [-0.2, 0) is 9.47 Å². The van der Waals surface area contributed by atoms with E-state index in [1.165, 1.54) is 6.42 Å². The van der Waals surface area contributed by atoms with Gasteiger partial charge in [-0.05, 0) is 31.3 Å². The molecule has 0 aliphatic rings. The zero-order valence-electron chi connectivity index (χ0n) is 11.2. The van der Waals surface area contributed by atoms with E-state index in [-0.39, 0.29) is 6.10 Å². The van der Waals surface area contributed by atoms with Crippen molar-refractivity contribution in [3.8, 4) is 0 Å². The van der Waals surface area contributed by atoms with Gasteiger partial charge in [0.25, 0.3) is 0 Å². The molecule has 0 fully saturated rings. The van der Waals surface area contributed by atoms with Crippen LogP contribution in [0.5, 0.6) is 0 Å². The number of hydrogen-bond acceptors (Lipinski definition) is 4. The van der Waals surface area contributed by atoms with Gasteiger partial charge in [0.15, 0.2) is 0 Å². The molecule has 0 saturated heterocycles. The normalized spacial score (nSPS) is 15.4. The third-order valence-electron chi connectivity index (χ3n) is 2.63. The van der Waals surface area contributed by atoms with Gasteiger partial charge in [-0.2, -0.15) is 0 Å². The molecule has 0 aliphatic heterocycles. The lowest BCUT2D eigenvalue weighted by atomic mass is 9.97. The fourth-order valence-electron chi connectivity index (χ4n) is 1.77. The van der Waals surface area contributed by atoms with Crippen molar-refractivity contribution in [2.75, 3.05) is 40.5 Å². The van der Waals surface area contributed by atoms with Crippen LogP contribution < -0.4 is 11.1 Å². The van der Waals surface area contributed by atoms with Gasteiger partial charge in [0.2, 0.25) is 0 Å². The van der Waals surface area contributed by atoms with Crippen molar-refractivity contribution in [1.29, 1.82) is 0 Å². The van der Waals surface area contributed by atoms with Crippen LogP contribution >= 0.6 is 0 Å². The summed E-state index contributed by atoms with van der Waals surface area (Å²) >= 11 is 0. The van der Waals surface area contributed by atoms with E-state index >= 15 is 0 Å². The molecule has 0 bridgehead atoms. The molecule has 4 heteroatoms. The quantitative estimate of drug-likeness (QED) is 0.586. The van der Waals surface area contributed by atoms with E-state index in [9.17, 15) is 0 Å². The minimum atomic E-state index is 0.127. The van der Waals surface area contributed by atoms with Gasteiger partial charge in [-0.1, -0.05) is 13.8 Å². The Balaban J connectivity index is 3.67. The van der Waals surface area contributed by atoms with Crippen molar-refractivity contribution < 1.29 is 9.47 Å². The largest absolute Gasteiger partial charge is 0.382 e. The summed E-state index contributed by atoms with van der Waals surface area (Å²) in [5.41, 5.74) is 5.73. The van der Waals surface area contributed by atoms with Crippen LogP contribution in [0.3, 0.4) is 0 Å². The van der Waals surface area contributed by atoms with E-state index in [0.717, 1.165) is 19.6 Å². The first-order chi connectivity index (χ1) is 7.63. The van der Waals surface area contributed by atoms with Crippen molar-refractivity contribution in [1.82, 2.24) is 5.32 Å². The molecule has 0 aromatic rings. The summed E-state index contributed by atoms with van der Waals surface area (Å²) in [5, 5.41) is 3.39. The van der Waals surface area contributed by atoms with Crippen molar-refractivity contribution in [3.63, 3.8) is 0 Å². The number of nitrogens with two attached hydrogens (primary N) is 1. The Morgan fingerprint density at radius 1 is 1.19 bits per heavy atom. The van der Waals surface area contributed by atoms with Crippen molar-refractivity contribution >= 4 is 0 Å². The maximum Gasteiger partial charge on any atom is 0.0928 e. The monoisotopic (exact) mass is 232 g/mol. The Bertz CT molecular complexity index is 154. The zero-order chi connectivity index (χ0) is 12.4. The van der Waals surface area contributed by atoms with E-state index in [0.29, 0.717) is 18.4 Å². The summed E-state index contributed by atoms with van der Waals surface area (Å²) in [6.07, 6.45) is 1.30. The maximum absolute atomic E-state index is 5.73. The Morgan fingerprint density at radius 2 is 1.88 bits per heavy atom. The summed E-state index contributed by atoms with van der Waals surface area (Å²) in [4.78, 5) is 0. The summed E-state index contributed by atoms with van der Waals surface area (Å²) in [6, 6.07) is 0. The predicted octanol–water partition coefficient (Wildman–Crippen LogP) is 0.858. The molecular weight excluding hydrogens is 204 g/mol. The molecule has 2 unspecified atom stereocenters. The predicted molar refractivity (Wildman–Crippen MR) is 67.5 cm³/mol. The van der Waals surface area contributed by atoms with Crippen LogP contribution in [0.15, 0.2) is 0 Å². The molecule has 0 heterocycles. The second-order valence-corrected chi connectivity index (χ2v) is 4.70. The fourth-order valence-corrected chi connectivity index (χ4v) is 1.77. The van der Waals surface area contributed by atoms with Crippen molar-refractivity contribution in [3.05, 3.63) is 0 Å². The van der Waals surface area contributed by atoms with Gasteiger partial charge in [-0.15, -0.1) is 0 Å². The molecule has 16 heavy (non-hydrogen) atoms. The highest BCUT2D eigenvalue weighted by Gasteiger charge is 2.11. The minimum absolute atomic E-state index is 0.127. The number of rotatable bonds is 10. The SMILES string of the molecule is COCC(CNCC(CN)CC(C)C)OC. The minimum Gasteiger partial charge on any atom is -0.382 e. The first-order valence-corrected chi connectivity index (χ1v) is 6.06. The lowest BCUT2D eigenvalue weighted by Crippen LogP contribution is -2.36. The van der Waals surface area contributed by atoms with Gasteiger partial charge in [0, 0.05) is 20.8 Å². The van der Waals surface area contributed by atoms with Crippen LogP contribution in [0, 0.1) is 11.8 Å². The lowest BCUT2D eigenvalue weighted by molar-refractivity contribution is 0.0284. The molecular formula is C12H28N2O2. The average molecular weight is 232 g/mol. The van der Waals surface area contributed by atoms with E-state index in [2.05, 4.69) is 19.2 Å². The van der Waals surface area contributed by atoms with E-state index in [1.807, 2.05) is 0 Å². The van der Waals surface area contributed by atoms with Crippen LogP contribution in [0.25, 0.3) is 0 Å². The molecule has 0 amide bonds. The second-order valence-electron chi connectivity index (χ2n) is 4.70. The molecule has 0 rings (SSSR count). The van der Waals surface area contributed by atoms with Crippen LogP contribution in [0.4, 0.5) is 0 Å². The highest BCUT2D eigenvalue weighted by Crippen LogP contribution is 2.09. The number of hydrogen-bond donors (Lipinski definition) is 2. The molecule has 4 nitrogen and oxygen atoms in total. The van der Waals surface area contributed by atoms with Gasteiger partial charge in [-0.25, -0.2) is 0 Å². The van der Waals surface area contributed by atoms with Gasteiger partial charge >= 0.3 is 0 Å². The Kier molecular flexibility index (Phi) is 9.92. The summed E-state index contributed by atoms with van der Waals surface area (Å²) in [6.45, 7) is 7.60. The molecule has 2 atom stereocenters. The Morgan fingerprint density at radius 3 is 2.31 bits per heavy atom. The van der Waals surface area contributed by atoms with Crippen molar-refractivity contribution in [2.24, 2.45) is 17.6 Å². The molecule has 3 N–H and O–H groups in total. The lowest BCUT2D eigenvalue weighted by Gasteiger charge is -2.20. The number of methoxy groups -OCH3 is 2. The molecule has 0 saturated carbocycles. The molecule has 0 spiro atoms. The van der Waals surface area contributed by atoms with Crippen LogP contribution in [0.1, 0.15) is 20.3 Å². The van der Waals surface area contributed by atoms with Gasteiger partial charge in [0.1, 0.15) is 0 Å². The highest BCUT2D eigenvalue weighted by atomic mass is 16.5. The second kappa shape index (κ2) is 10.0. The Hall–Kier alpha value is -0.160. The third kappa shape index (κ3) is 8.05. The van der Waals surface area contributed by atoms with Gasteiger partial charge in [-0.3, -0.25) is 0 Å². The Labute approximate surface area is 99.9 Å². The first-order valence-electron chi connectivity index (χ1n) is 6.06. The van der Waals surface area contributed by atoms with Crippen LogP contribution in [-0.4, -0.2) is 46.6 Å². The van der Waals surface area contributed by atoms with Gasteiger partial charge in [0.05, 0.1) is 12.7 Å². The zero-order valence-corrected chi connectivity index (χ0v) is 11.2. The maximum atomic E-state index is 5.73.